The Morgan fingerprint density at radius 1 is 0.267 bits per heavy atom. The molecule has 0 aromatic carbocycles. The number of hydrogen-bond donors (Lipinski definition) is 3. The van der Waals surface area contributed by atoms with Crippen LogP contribution in [0.25, 0.3) is 0 Å². The molecule has 0 aromatic rings. The molecule has 0 bridgehead atoms. The van der Waals surface area contributed by atoms with E-state index >= 15 is 0 Å². The molecule has 3 N–H and O–H groups in total. The summed E-state index contributed by atoms with van der Waals surface area (Å²) in [5, 5.41) is 10.7. The third-order valence-electron chi connectivity index (χ3n) is 19.3. The maximum absolute atomic E-state index is 13.1. The minimum atomic E-state index is -4.96. The zero-order valence-corrected chi connectivity index (χ0v) is 67.8. The molecule has 101 heavy (non-hydrogen) atoms. The largest absolute Gasteiger partial charge is 0.472 e. The van der Waals surface area contributed by atoms with Crippen molar-refractivity contribution in [1.29, 1.82) is 0 Å². The maximum Gasteiger partial charge on any atom is 0.472 e. The van der Waals surface area contributed by atoms with Gasteiger partial charge in [-0.25, -0.2) is 9.13 Å². The lowest BCUT2D eigenvalue weighted by molar-refractivity contribution is -0.161. The van der Waals surface area contributed by atoms with Crippen LogP contribution in [0.2, 0.25) is 0 Å². The molecule has 0 saturated carbocycles. The third kappa shape index (κ3) is 76.1. The second-order valence-corrected chi connectivity index (χ2v) is 32.9. The average Bonchev–Trinajstić information content (AvgIpc) is 0.940. The molecule has 600 valence electrons. The summed E-state index contributed by atoms with van der Waals surface area (Å²) in [5.74, 6) is -1.30. The molecule has 19 heteroatoms. The Labute approximate surface area is 619 Å². The Morgan fingerprint density at radius 3 is 0.673 bits per heavy atom. The van der Waals surface area contributed by atoms with Crippen LogP contribution >= 0.6 is 15.6 Å². The second-order valence-electron chi connectivity index (χ2n) is 30.0. The summed E-state index contributed by atoms with van der Waals surface area (Å²) in [6.45, 7) is 7.37. The number of aliphatic hydroxyl groups is 1. The van der Waals surface area contributed by atoms with Crippen molar-refractivity contribution in [2.24, 2.45) is 5.92 Å². The molecule has 0 aliphatic rings. The molecule has 0 heterocycles. The minimum Gasteiger partial charge on any atom is -0.462 e. The predicted molar refractivity (Wildman–Crippen MR) is 414 cm³/mol. The number of carbonyl (C=O) groups excluding carboxylic acids is 4. The molecule has 0 amide bonds. The van der Waals surface area contributed by atoms with Gasteiger partial charge in [0, 0.05) is 25.7 Å². The Morgan fingerprint density at radius 2 is 0.455 bits per heavy atom. The van der Waals surface area contributed by atoms with E-state index in [2.05, 4.69) is 34.6 Å². The van der Waals surface area contributed by atoms with Crippen LogP contribution in [0.15, 0.2) is 0 Å². The minimum absolute atomic E-state index is 0.109. The number of phosphoric acid groups is 2. The number of ether oxygens (including phenoxy) is 4. The van der Waals surface area contributed by atoms with E-state index in [1.165, 1.54) is 263 Å². The average molecular weight is 1480 g/mol. The standard InChI is InChI=1S/C82H160O17P2/c1-6-9-12-15-18-21-24-27-29-30-33-37-41-46-51-56-61-66-80(85)93-72-78(99-82(87)68-63-58-53-48-43-38-34-31-32-35-39-44-49-54-59-64-75(4)5)74-97-101(90,91)95-70-76(83)69-94-100(88,89)96-73-77(71-92-79(84)65-60-55-50-45-40-26-23-20-17-14-11-8-3)98-81(86)67-62-57-52-47-42-36-28-25-22-19-16-13-10-7-2/h75-78,83H,6-74H2,1-5H3,(H,88,89)(H,90,91)/t76-,77+,78+/m0/s1. The van der Waals surface area contributed by atoms with Gasteiger partial charge in [0.25, 0.3) is 0 Å². The van der Waals surface area contributed by atoms with Crippen molar-refractivity contribution < 1.29 is 80.2 Å². The first kappa shape index (κ1) is 99.1. The number of unbranched alkanes of at least 4 members (excludes halogenated alkanes) is 54. The van der Waals surface area contributed by atoms with Crippen LogP contribution in [0.3, 0.4) is 0 Å². The maximum atomic E-state index is 13.1. The van der Waals surface area contributed by atoms with E-state index < -0.39 is 97.5 Å². The fourth-order valence-electron chi connectivity index (χ4n) is 12.8. The van der Waals surface area contributed by atoms with Gasteiger partial charge >= 0.3 is 39.5 Å². The van der Waals surface area contributed by atoms with E-state index in [-0.39, 0.29) is 25.7 Å². The second kappa shape index (κ2) is 74.9. The third-order valence-corrected chi connectivity index (χ3v) is 21.2. The highest BCUT2D eigenvalue weighted by molar-refractivity contribution is 7.47. The molecular weight excluding hydrogens is 1320 g/mol. The molecule has 0 aliphatic heterocycles. The summed E-state index contributed by atoms with van der Waals surface area (Å²) in [6.07, 6.45) is 66.4. The van der Waals surface area contributed by atoms with Crippen LogP contribution in [-0.2, 0) is 65.4 Å². The normalized spacial score (nSPS) is 13.8. The van der Waals surface area contributed by atoms with Gasteiger partial charge in [0.05, 0.1) is 26.4 Å². The van der Waals surface area contributed by atoms with Gasteiger partial charge in [0.15, 0.2) is 12.2 Å². The van der Waals surface area contributed by atoms with Gasteiger partial charge in [-0.15, -0.1) is 0 Å². The first-order valence-corrected chi connectivity index (χ1v) is 45.6. The summed E-state index contributed by atoms with van der Waals surface area (Å²) >= 11 is 0. The molecule has 2 unspecified atom stereocenters. The van der Waals surface area contributed by atoms with E-state index in [1.807, 2.05) is 0 Å². The Hall–Kier alpha value is -1.94. The van der Waals surface area contributed by atoms with Gasteiger partial charge in [-0.05, 0) is 31.6 Å². The molecule has 0 aromatic heterocycles. The van der Waals surface area contributed by atoms with E-state index in [4.69, 9.17) is 37.0 Å². The van der Waals surface area contributed by atoms with Crippen LogP contribution in [0.5, 0.6) is 0 Å². The van der Waals surface area contributed by atoms with Crippen molar-refractivity contribution in [3.8, 4) is 0 Å². The number of carbonyl (C=O) groups is 4. The fraction of sp³-hybridized carbons (Fsp3) is 0.951. The lowest BCUT2D eigenvalue weighted by atomic mass is 10.0. The van der Waals surface area contributed by atoms with E-state index in [9.17, 15) is 43.2 Å². The summed E-state index contributed by atoms with van der Waals surface area (Å²) < 4.78 is 68.8. The van der Waals surface area contributed by atoms with Crippen LogP contribution in [0, 0.1) is 5.92 Å². The highest BCUT2D eigenvalue weighted by atomic mass is 31.2. The van der Waals surface area contributed by atoms with Crippen molar-refractivity contribution in [3.05, 3.63) is 0 Å². The first-order valence-electron chi connectivity index (χ1n) is 42.6. The van der Waals surface area contributed by atoms with Gasteiger partial charge < -0.3 is 33.8 Å². The molecule has 0 rings (SSSR count). The molecule has 0 fully saturated rings. The monoisotopic (exact) mass is 1480 g/mol. The van der Waals surface area contributed by atoms with Crippen molar-refractivity contribution in [3.63, 3.8) is 0 Å². The van der Waals surface area contributed by atoms with Gasteiger partial charge in [0.2, 0.25) is 0 Å². The number of hydrogen-bond acceptors (Lipinski definition) is 15. The Balaban J connectivity index is 5.25. The summed E-state index contributed by atoms with van der Waals surface area (Å²) in [4.78, 5) is 73.1. The van der Waals surface area contributed by atoms with Crippen molar-refractivity contribution >= 4 is 39.5 Å². The van der Waals surface area contributed by atoms with Crippen LogP contribution in [-0.4, -0.2) is 96.7 Å². The van der Waals surface area contributed by atoms with Crippen LogP contribution < -0.4 is 0 Å². The fourth-order valence-corrected chi connectivity index (χ4v) is 14.3. The highest BCUT2D eigenvalue weighted by Crippen LogP contribution is 2.45. The topological polar surface area (TPSA) is 237 Å². The van der Waals surface area contributed by atoms with Crippen molar-refractivity contribution in [1.82, 2.24) is 0 Å². The summed E-state index contributed by atoms with van der Waals surface area (Å²) in [5.41, 5.74) is 0. The Bertz CT molecular complexity index is 1930. The smallest absolute Gasteiger partial charge is 0.462 e. The van der Waals surface area contributed by atoms with E-state index in [0.717, 1.165) is 95.8 Å². The Kier molecular flexibility index (Phi) is 73.5. The highest BCUT2D eigenvalue weighted by Gasteiger charge is 2.30. The molecule has 0 saturated heterocycles. The van der Waals surface area contributed by atoms with Crippen molar-refractivity contribution in [2.45, 2.75) is 457 Å². The van der Waals surface area contributed by atoms with Gasteiger partial charge in [-0.2, -0.15) is 0 Å². The van der Waals surface area contributed by atoms with Gasteiger partial charge in [-0.1, -0.05) is 388 Å². The van der Waals surface area contributed by atoms with Crippen LogP contribution in [0.4, 0.5) is 0 Å². The van der Waals surface area contributed by atoms with E-state index in [1.54, 1.807) is 0 Å². The first-order chi connectivity index (χ1) is 49.0. The zero-order chi connectivity index (χ0) is 74.1. The predicted octanol–water partition coefficient (Wildman–Crippen LogP) is 24.8. The molecule has 0 radical (unpaired) electrons. The quantitative estimate of drug-likeness (QED) is 0.0222. The summed E-state index contributed by atoms with van der Waals surface area (Å²) in [7, 11) is -9.92. The lowest BCUT2D eigenvalue weighted by Gasteiger charge is -2.21. The number of esters is 4. The molecule has 0 spiro atoms. The van der Waals surface area contributed by atoms with Crippen LogP contribution in [0.1, 0.15) is 439 Å². The molecule has 5 atom stereocenters. The lowest BCUT2D eigenvalue weighted by Crippen LogP contribution is -2.30. The zero-order valence-electron chi connectivity index (χ0n) is 66.1. The van der Waals surface area contributed by atoms with E-state index in [0.29, 0.717) is 25.7 Å². The molecule has 17 nitrogen and oxygen atoms in total. The molecular formula is C82H160O17P2. The number of rotatable bonds is 82. The summed E-state index contributed by atoms with van der Waals surface area (Å²) in [6, 6.07) is 0. The van der Waals surface area contributed by atoms with Gasteiger partial charge in [-0.3, -0.25) is 37.3 Å². The SMILES string of the molecule is CCCCCCCCCCCCCCCCCCCC(=O)OC[C@H](COP(=O)(O)OC[C@@H](O)COP(=O)(O)OC[C@@H](COC(=O)CCCCCCCCCCCCCC)OC(=O)CCCCCCCCCCCCCCCC)OC(=O)CCCCCCCCCCCCCCCCCC(C)C. The van der Waals surface area contributed by atoms with Gasteiger partial charge in [0.1, 0.15) is 19.3 Å². The number of aliphatic hydroxyl groups excluding tert-OH is 1. The number of phosphoric ester groups is 2. The molecule has 0 aliphatic carbocycles. The van der Waals surface area contributed by atoms with Crippen molar-refractivity contribution in [2.75, 3.05) is 39.6 Å².